The molecule has 0 saturated heterocycles. The number of allylic oxidation sites excluding steroid dienone is 2. The molecule has 0 bridgehead atoms. The Morgan fingerprint density at radius 1 is 1.82 bits per heavy atom. The summed E-state index contributed by atoms with van der Waals surface area (Å²) in [6.45, 7) is 0.280. The first-order valence-electron chi connectivity index (χ1n) is 3.07. The summed E-state index contributed by atoms with van der Waals surface area (Å²) in [7, 11) is 0. The molecule has 0 spiro atoms. The van der Waals surface area contributed by atoms with Crippen molar-refractivity contribution in [1.29, 1.82) is 5.26 Å². The summed E-state index contributed by atoms with van der Waals surface area (Å²) in [5.74, 6) is -0.477. The monoisotopic (exact) mass is 149 g/mol. The fraction of sp³-hybridized carbons (Fsp3) is 0.143. The second kappa shape index (κ2) is 2.88. The zero-order valence-electron chi connectivity index (χ0n) is 5.82. The summed E-state index contributed by atoms with van der Waals surface area (Å²) >= 11 is 0. The van der Waals surface area contributed by atoms with Gasteiger partial charge in [-0.15, -0.1) is 0 Å². The van der Waals surface area contributed by atoms with Crippen LogP contribution in [0.2, 0.25) is 0 Å². The number of carbonyl (C=O) groups excluding carboxylic acids is 1. The van der Waals surface area contributed by atoms with Crippen LogP contribution in [0.15, 0.2) is 23.9 Å². The van der Waals surface area contributed by atoms with E-state index in [9.17, 15) is 4.79 Å². The number of nitriles is 1. The first-order valence-corrected chi connectivity index (χ1v) is 3.07. The predicted octanol–water partition coefficient (Wildman–Crippen LogP) is -0.292. The zero-order chi connectivity index (χ0) is 8.27. The number of nitrogens with zero attached hydrogens (tertiary/aromatic N) is 2. The van der Waals surface area contributed by atoms with E-state index in [0.29, 0.717) is 5.57 Å². The Balaban J connectivity index is 2.74. The molecule has 0 atom stereocenters. The standard InChI is InChI=1S/C7H7N3O/c8-5-10-3-1-2-6(4-10)7(9)11/h1-3H,4H2,(H2,9,11). The average Bonchev–Trinajstić information content (AvgIpc) is 2.05. The maximum atomic E-state index is 10.6. The Bertz CT molecular complexity index is 272. The van der Waals surface area contributed by atoms with Gasteiger partial charge in [0.05, 0.1) is 6.54 Å². The Morgan fingerprint density at radius 3 is 3.09 bits per heavy atom. The molecular formula is C7H7N3O. The molecule has 0 aromatic carbocycles. The van der Waals surface area contributed by atoms with Gasteiger partial charge in [-0.25, -0.2) is 0 Å². The number of carbonyl (C=O) groups is 1. The number of hydrogen-bond donors (Lipinski definition) is 1. The highest BCUT2D eigenvalue weighted by atomic mass is 16.1. The van der Waals surface area contributed by atoms with Crippen LogP contribution in [0.4, 0.5) is 0 Å². The van der Waals surface area contributed by atoms with Gasteiger partial charge in [-0.3, -0.25) is 9.69 Å². The third kappa shape index (κ3) is 1.58. The van der Waals surface area contributed by atoms with Crippen LogP contribution in [0.25, 0.3) is 0 Å². The molecule has 1 amide bonds. The highest BCUT2D eigenvalue weighted by Gasteiger charge is 2.10. The summed E-state index contributed by atoms with van der Waals surface area (Å²) in [4.78, 5) is 11.9. The van der Waals surface area contributed by atoms with E-state index in [1.54, 1.807) is 18.4 Å². The van der Waals surface area contributed by atoms with Crippen molar-refractivity contribution in [2.75, 3.05) is 6.54 Å². The van der Waals surface area contributed by atoms with Crippen LogP contribution < -0.4 is 5.73 Å². The van der Waals surface area contributed by atoms with Gasteiger partial charge in [0.1, 0.15) is 0 Å². The third-order valence-corrected chi connectivity index (χ3v) is 1.35. The highest BCUT2D eigenvalue weighted by Crippen LogP contribution is 2.04. The molecule has 1 aliphatic rings. The van der Waals surface area contributed by atoms with Gasteiger partial charge in [-0.1, -0.05) is 6.08 Å². The molecule has 2 N–H and O–H groups in total. The lowest BCUT2D eigenvalue weighted by Crippen LogP contribution is -2.25. The minimum absolute atomic E-state index is 0.280. The smallest absolute Gasteiger partial charge is 0.246 e. The Labute approximate surface area is 64.2 Å². The molecule has 0 fully saturated rings. The number of rotatable bonds is 1. The van der Waals surface area contributed by atoms with Gasteiger partial charge in [0.15, 0.2) is 6.19 Å². The van der Waals surface area contributed by atoms with Gasteiger partial charge in [-0.05, 0) is 6.08 Å². The van der Waals surface area contributed by atoms with Crippen molar-refractivity contribution in [3.8, 4) is 6.19 Å². The van der Waals surface area contributed by atoms with Crippen molar-refractivity contribution in [2.45, 2.75) is 0 Å². The highest BCUT2D eigenvalue weighted by molar-refractivity contribution is 5.92. The minimum atomic E-state index is -0.477. The zero-order valence-corrected chi connectivity index (χ0v) is 5.82. The predicted molar refractivity (Wildman–Crippen MR) is 38.7 cm³/mol. The van der Waals surface area contributed by atoms with E-state index >= 15 is 0 Å². The van der Waals surface area contributed by atoms with Gasteiger partial charge in [-0.2, -0.15) is 5.26 Å². The number of primary amides is 1. The summed E-state index contributed by atoms with van der Waals surface area (Å²) in [5.41, 5.74) is 5.46. The summed E-state index contributed by atoms with van der Waals surface area (Å²) in [5, 5.41) is 8.44. The van der Waals surface area contributed by atoms with Crippen LogP contribution in [0.5, 0.6) is 0 Å². The fourth-order valence-electron chi connectivity index (χ4n) is 0.781. The lowest BCUT2D eigenvalue weighted by molar-refractivity contribution is -0.114. The molecule has 56 valence electrons. The quantitative estimate of drug-likeness (QED) is 0.521. The molecule has 0 aliphatic carbocycles. The van der Waals surface area contributed by atoms with E-state index < -0.39 is 5.91 Å². The number of hydrogen-bond acceptors (Lipinski definition) is 3. The molecule has 0 unspecified atom stereocenters. The van der Waals surface area contributed by atoms with Crippen LogP contribution in [0.3, 0.4) is 0 Å². The lowest BCUT2D eigenvalue weighted by atomic mass is 10.2. The van der Waals surface area contributed by atoms with Gasteiger partial charge in [0.2, 0.25) is 5.91 Å². The molecule has 1 rings (SSSR count). The van der Waals surface area contributed by atoms with E-state index in [4.69, 9.17) is 11.0 Å². The van der Waals surface area contributed by atoms with Gasteiger partial charge in [0.25, 0.3) is 0 Å². The van der Waals surface area contributed by atoms with Crippen molar-refractivity contribution < 1.29 is 4.79 Å². The molecule has 0 aromatic rings. The van der Waals surface area contributed by atoms with E-state index in [0.717, 1.165) is 0 Å². The molecule has 1 aliphatic heterocycles. The lowest BCUT2D eigenvalue weighted by Gasteiger charge is -2.13. The largest absolute Gasteiger partial charge is 0.366 e. The second-order valence-electron chi connectivity index (χ2n) is 2.13. The Morgan fingerprint density at radius 2 is 2.55 bits per heavy atom. The van der Waals surface area contributed by atoms with E-state index in [1.807, 2.05) is 6.19 Å². The average molecular weight is 149 g/mol. The molecule has 0 radical (unpaired) electrons. The van der Waals surface area contributed by atoms with Crippen LogP contribution in [0, 0.1) is 11.5 Å². The van der Waals surface area contributed by atoms with E-state index in [-0.39, 0.29) is 6.54 Å². The topological polar surface area (TPSA) is 70.1 Å². The molecule has 1 heterocycles. The summed E-state index contributed by atoms with van der Waals surface area (Å²) in [6.07, 6.45) is 6.70. The van der Waals surface area contributed by atoms with E-state index in [1.165, 1.54) is 4.90 Å². The first-order chi connectivity index (χ1) is 5.24. The van der Waals surface area contributed by atoms with Crippen LogP contribution in [0.1, 0.15) is 0 Å². The van der Waals surface area contributed by atoms with E-state index in [2.05, 4.69) is 0 Å². The Kier molecular flexibility index (Phi) is 1.93. The normalized spacial score (nSPS) is 15.5. The molecule has 0 saturated carbocycles. The molecule has 11 heavy (non-hydrogen) atoms. The number of amides is 1. The van der Waals surface area contributed by atoms with Gasteiger partial charge >= 0.3 is 0 Å². The van der Waals surface area contributed by atoms with Crippen molar-refractivity contribution in [3.05, 3.63) is 23.9 Å². The molecule has 0 aromatic heterocycles. The number of nitrogens with two attached hydrogens (primary N) is 1. The van der Waals surface area contributed by atoms with Gasteiger partial charge in [0, 0.05) is 11.8 Å². The first kappa shape index (κ1) is 7.35. The van der Waals surface area contributed by atoms with Crippen molar-refractivity contribution >= 4 is 5.91 Å². The maximum absolute atomic E-state index is 10.6. The van der Waals surface area contributed by atoms with Crippen molar-refractivity contribution in [1.82, 2.24) is 4.90 Å². The fourth-order valence-corrected chi connectivity index (χ4v) is 0.781. The summed E-state index contributed by atoms with van der Waals surface area (Å²) < 4.78 is 0. The van der Waals surface area contributed by atoms with Gasteiger partial charge < -0.3 is 5.73 Å². The third-order valence-electron chi connectivity index (χ3n) is 1.35. The summed E-state index contributed by atoms with van der Waals surface area (Å²) in [6, 6.07) is 0. The van der Waals surface area contributed by atoms with Crippen LogP contribution >= 0.6 is 0 Å². The minimum Gasteiger partial charge on any atom is -0.366 e. The van der Waals surface area contributed by atoms with Crippen LogP contribution in [-0.2, 0) is 4.79 Å². The molecule has 4 nitrogen and oxygen atoms in total. The molecular weight excluding hydrogens is 142 g/mol. The van der Waals surface area contributed by atoms with Crippen molar-refractivity contribution in [3.63, 3.8) is 0 Å². The van der Waals surface area contributed by atoms with Crippen LogP contribution in [-0.4, -0.2) is 17.4 Å². The SMILES string of the molecule is N#CN1C=CC=C(C(N)=O)C1. The van der Waals surface area contributed by atoms with Crippen molar-refractivity contribution in [2.24, 2.45) is 5.73 Å². The molecule has 4 heteroatoms. The second-order valence-corrected chi connectivity index (χ2v) is 2.13. The Hall–Kier alpha value is -1.76. The maximum Gasteiger partial charge on any atom is 0.246 e.